The number of halogens is 1. The minimum Gasteiger partial charge on any atom is -0.366 e. The molecule has 1 saturated heterocycles. The summed E-state index contributed by atoms with van der Waals surface area (Å²) in [6, 6.07) is 11.6. The van der Waals surface area contributed by atoms with E-state index in [1.807, 2.05) is 30.3 Å². The fraction of sp³-hybridized carbons (Fsp3) is 0.417. The summed E-state index contributed by atoms with van der Waals surface area (Å²) in [6.45, 7) is 3.58. The molecule has 33 heavy (non-hydrogen) atoms. The average molecular weight is 467 g/mol. The molecule has 0 bridgehead atoms. The van der Waals surface area contributed by atoms with E-state index in [1.54, 1.807) is 13.1 Å². The molecule has 172 valence electrons. The zero-order chi connectivity index (χ0) is 22.9. The molecule has 1 aliphatic carbocycles. The van der Waals surface area contributed by atoms with Crippen molar-refractivity contribution >= 4 is 34.1 Å². The largest absolute Gasteiger partial charge is 0.366 e. The van der Waals surface area contributed by atoms with Crippen LogP contribution in [-0.2, 0) is 0 Å². The summed E-state index contributed by atoms with van der Waals surface area (Å²) in [5, 5.41) is 3.57. The summed E-state index contributed by atoms with van der Waals surface area (Å²) < 4.78 is 0. The van der Waals surface area contributed by atoms with Gasteiger partial charge in [0.05, 0.1) is 16.6 Å². The Bertz CT molecular complexity index is 1240. The van der Waals surface area contributed by atoms with Gasteiger partial charge in [0.25, 0.3) is 11.5 Å². The smallest absolute Gasteiger partial charge is 0.269 e. The van der Waals surface area contributed by atoms with Gasteiger partial charge in [0.1, 0.15) is 11.5 Å². The Hall–Kier alpha value is -2.97. The molecule has 0 spiro atoms. The van der Waals surface area contributed by atoms with E-state index in [9.17, 15) is 9.59 Å². The number of carbonyl (C=O) groups is 1. The summed E-state index contributed by atoms with van der Waals surface area (Å²) in [5.41, 5.74) is 1.90. The number of fused-ring (bicyclic) bond motifs is 1. The maximum Gasteiger partial charge on any atom is 0.269 e. The highest BCUT2D eigenvalue weighted by Crippen LogP contribution is 2.36. The Balaban J connectivity index is 1.22. The highest BCUT2D eigenvalue weighted by Gasteiger charge is 2.33. The Kier molecular flexibility index (Phi) is 6.03. The number of rotatable bonds is 4. The van der Waals surface area contributed by atoms with Gasteiger partial charge in [0, 0.05) is 45.2 Å². The molecule has 2 atom stereocenters. The Morgan fingerprint density at radius 2 is 1.88 bits per heavy atom. The minimum atomic E-state index is -0.244. The fourth-order valence-corrected chi connectivity index (χ4v) is 5.35. The van der Waals surface area contributed by atoms with Crippen LogP contribution in [0.4, 0.5) is 5.69 Å². The molecule has 0 unspecified atom stereocenters. The van der Waals surface area contributed by atoms with Gasteiger partial charge in [-0.3, -0.25) is 14.5 Å². The molecule has 1 saturated carbocycles. The lowest BCUT2D eigenvalue weighted by Gasteiger charge is -2.39. The van der Waals surface area contributed by atoms with Crippen LogP contribution in [0.1, 0.15) is 41.5 Å². The standard InChI is InChI=1S/C24H27ClN6O2/c1-26-24(33)19-8-9-20(21(25)27-19)31-12-10-30(11-13-31)16-7-6-15(14-16)22-28-18-5-3-2-4-17(18)23(32)29-22/h2-5,8-9,15-16H,6-7,10-14H2,1H3,(H,26,33)(H,28,29,32)/t15-,16-/m1/s1. The lowest BCUT2D eigenvalue weighted by atomic mass is 10.1. The minimum absolute atomic E-state index is 0.0550. The van der Waals surface area contributed by atoms with E-state index in [-0.39, 0.29) is 17.4 Å². The number of benzene rings is 1. The molecule has 3 heterocycles. The first-order valence-electron chi connectivity index (χ1n) is 11.4. The van der Waals surface area contributed by atoms with E-state index in [0.717, 1.165) is 62.5 Å². The lowest BCUT2D eigenvalue weighted by Crippen LogP contribution is -2.50. The van der Waals surface area contributed by atoms with Crippen molar-refractivity contribution in [2.24, 2.45) is 0 Å². The van der Waals surface area contributed by atoms with Crippen molar-refractivity contribution in [3.63, 3.8) is 0 Å². The number of hydrogen-bond donors (Lipinski definition) is 2. The number of anilines is 1. The first kappa shape index (κ1) is 21.9. The number of hydrogen-bond acceptors (Lipinski definition) is 6. The molecule has 1 amide bonds. The van der Waals surface area contributed by atoms with E-state index >= 15 is 0 Å². The number of pyridine rings is 1. The second-order valence-electron chi connectivity index (χ2n) is 8.74. The molecule has 3 aromatic rings. The quantitative estimate of drug-likeness (QED) is 0.574. The number of aromatic nitrogens is 3. The van der Waals surface area contributed by atoms with Crippen molar-refractivity contribution in [2.75, 3.05) is 38.1 Å². The van der Waals surface area contributed by atoms with Crippen molar-refractivity contribution in [1.82, 2.24) is 25.2 Å². The van der Waals surface area contributed by atoms with Crippen LogP contribution in [-0.4, -0.2) is 65.0 Å². The topological polar surface area (TPSA) is 94.2 Å². The number of H-pyrrole nitrogens is 1. The maximum atomic E-state index is 12.5. The summed E-state index contributed by atoms with van der Waals surface area (Å²) in [4.78, 5) is 41.0. The van der Waals surface area contributed by atoms with Gasteiger partial charge < -0.3 is 15.2 Å². The van der Waals surface area contributed by atoms with Crippen LogP contribution in [0.25, 0.3) is 10.9 Å². The van der Waals surface area contributed by atoms with Gasteiger partial charge in [-0.15, -0.1) is 0 Å². The monoisotopic (exact) mass is 466 g/mol. The Morgan fingerprint density at radius 3 is 2.64 bits per heavy atom. The normalized spacial score (nSPS) is 21.5. The van der Waals surface area contributed by atoms with Crippen molar-refractivity contribution in [3.05, 3.63) is 63.4 Å². The van der Waals surface area contributed by atoms with Crippen LogP contribution in [0.5, 0.6) is 0 Å². The summed E-state index contributed by atoms with van der Waals surface area (Å²) in [6.07, 6.45) is 3.14. The van der Waals surface area contributed by atoms with E-state index in [1.165, 1.54) is 0 Å². The third-order valence-corrected chi connectivity index (χ3v) is 7.16. The van der Waals surface area contributed by atoms with E-state index in [2.05, 4.69) is 25.1 Å². The molecular formula is C24H27ClN6O2. The third-order valence-electron chi connectivity index (χ3n) is 6.88. The Labute approximate surface area is 197 Å². The molecule has 2 fully saturated rings. The molecule has 2 N–H and O–H groups in total. The van der Waals surface area contributed by atoms with E-state index in [4.69, 9.17) is 16.6 Å². The second kappa shape index (κ2) is 9.11. The predicted octanol–water partition coefficient (Wildman–Crippen LogP) is 2.79. The molecule has 0 radical (unpaired) electrons. The fourth-order valence-electron chi connectivity index (χ4n) is 5.08. The van der Waals surface area contributed by atoms with Crippen LogP contribution in [0.15, 0.2) is 41.2 Å². The summed E-state index contributed by atoms with van der Waals surface area (Å²) in [7, 11) is 1.58. The molecule has 1 aliphatic heterocycles. The Morgan fingerprint density at radius 1 is 1.09 bits per heavy atom. The van der Waals surface area contributed by atoms with E-state index in [0.29, 0.717) is 22.3 Å². The lowest BCUT2D eigenvalue weighted by molar-refractivity contribution is 0.0958. The molecular weight excluding hydrogens is 440 g/mol. The SMILES string of the molecule is CNC(=O)c1ccc(N2CCN([C@@H]3CC[C@@H](c4nc5ccccc5c(=O)[nH]4)C3)CC2)c(Cl)n1. The number of piperazine rings is 1. The number of nitrogens with zero attached hydrogens (tertiary/aromatic N) is 4. The molecule has 5 rings (SSSR count). The molecule has 1 aromatic carbocycles. The number of nitrogens with one attached hydrogen (secondary N) is 2. The predicted molar refractivity (Wildman–Crippen MR) is 129 cm³/mol. The van der Waals surface area contributed by atoms with Crippen LogP contribution < -0.4 is 15.8 Å². The van der Waals surface area contributed by atoms with Crippen LogP contribution >= 0.6 is 11.6 Å². The van der Waals surface area contributed by atoms with Crippen molar-refractivity contribution in [2.45, 2.75) is 31.2 Å². The zero-order valence-corrected chi connectivity index (χ0v) is 19.3. The summed E-state index contributed by atoms with van der Waals surface area (Å²) in [5.74, 6) is 0.849. The molecule has 2 aliphatic rings. The van der Waals surface area contributed by atoms with Gasteiger partial charge in [-0.2, -0.15) is 0 Å². The van der Waals surface area contributed by atoms with Crippen molar-refractivity contribution in [1.29, 1.82) is 0 Å². The number of amides is 1. The molecule has 9 heteroatoms. The molecule has 8 nitrogen and oxygen atoms in total. The van der Waals surface area contributed by atoms with Gasteiger partial charge in [0.2, 0.25) is 0 Å². The van der Waals surface area contributed by atoms with Gasteiger partial charge in [-0.05, 0) is 43.5 Å². The van der Waals surface area contributed by atoms with Crippen molar-refractivity contribution in [3.8, 4) is 0 Å². The van der Waals surface area contributed by atoms with Crippen molar-refractivity contribution < 1.29 is 4.79 Å². The summed E-state index contributed by atoms with van der Waals surface area (Å²) >= 11 is 6.39. The van der Waals surface area contributed by atoms with E-state index < -0.39 is 0 Å². The van der Waals surface area contributed by atoms with Gasteiger partial charge >= 0.3 is 0 Å². The first-order valence-corrected chi connectivity index (χ1v) is 11.8. The number of carbonyl (C=O) groups excluding carboxylic acids is 1. The number of aromatic amines is 1. The average Bonchev–Trinajstić information content (AvgIpc) is 3.34. The molecule has 2 aromatic heterocycles. The van der Waals surface area contributed by atoms with Gasteiger partial charge in [-0.25, -0.2) is 9.97 Å². The van der Waals surface area contributed by atoms with Gasteiger partial charge in [-0.1, -0.05) is 23.7 Å². The van der Waals surface area contributed by atoms with Crippen LogP contribution in [0.3, 0.4) is 0 Å². The highest BCUT2D eigenvalue weighted by molar-refractivity contribution is 6.32. The first-order chi connectivity index (χ1) is 16.0. The number of para-hydroxylation sites is 1. The third kappa shape index (κ3) is 4.32. The van der Waals surface area contributed by atoms with Gasteiger partial charge in [0.15, 0.2) is 5.15 Å². The highest BCUT2D eigenvalue weighted by atomic mass is 35.5. The second-order valence-corrected chi connectivity index (χ2v) is 9.10. The van der Waals surface area contributed by atoms with Crippen LogP contribution in [0.2, 0.25) is 5.15 Å². The zero-order valence-electron chi connectivity index (χ0n) is 18.6. The van der Waals surface area contributed by atoms with Crippen LogP contribution in [0, 0.1) is 0 Å². The maximum absolute atomic E-state index is 12.5.